The first-order chi connectivity index (χ1) is 8.06. The van der Waals surface area contributed by atoms with Crippen LogP contribution in [0.4, 0.5) is 5.69 Å². The minimum absolute atomic E-state index is 0.414. The van der Waals surface area contributed by atoms with Crippen LogP contribution in [0.15, 0.2) is 27.7 Å². The highest BCUT2D eigenvalue weighted by atomic mass is 79.9. The molecule has 17 heavy (non-hydrogen) atoms. The molecule has 1 aromatic carbocycles. The van der Waals surface area contributed by atoms with E-state index in [1.807, 2.05) is 11.8 Å². The largest absolute Gasteiger partial charge is 0.334 e. The summed E-state index contributed by atoms with van der Waals surface area (Å²) in [5.74, 6) is 0. The fourth-order valence-corrected chi connectivity index (χ4v) is 3.45. The van der Waals surface area contributed by atoms with E-state index in [0.717, 1.165) is 21.7 Å². The summed E-state index contributed by atoms with van der Waals surface area (Å²) in [6.07, 6.45) is 1.16. The molecule has 2 rings (SSSR count). The molecular weight excluding hydrogens is 296 g/mol. The third-order valence-corrected chi connectivity index (χ3v) is 4.84. The highest BCUT2D eigenvalue weighted by Gasteiger charge is 2.18. The monoisotopic (exact) mass is 312 g/mol. The average Bonchev–Trinajstić information content (AvgIpc) is 2.23. The van der Waals surface area contributed by atoms with Crippen molar-refractivity contribution in [2.75, 3.05) is 5.32 Å². The Balaban J connectivity index is 2.18. The van der Waals surface area contributed by atoms with Gasteiger partial charge in [-0.1, -0.05) is 30.8 Å². The second kappa shape index (κ2) is 5.44. The highest BCUT2D eigenvalue weighted by Crippen LogP contribution is 2.30. The number of thioether (sulfide) groups is 1. The first-order valence-electron chi connectivity index (χ1n) is 5.83. The molecule has 0 bridgehead atoms. The summed E-state index contributed by atoms with van der Waals surface area (Å²) in [7, 11) is 0. The summed E-state index contributed by atoms with van der Waals surface area (Å²) in [4.78, 5) is 4.65. The van der Waals surface area contributed by atoms with Gasteiger partial charge in [0.1, 0.15) is 0 Å². The van der Waals surface area contributed by atoms with Gasteiger partial charge in [0.15, 0.2) is 5.17 Å². The van der Waals surface area contributed by atoms with E-state index < -0.39 is 0 Å². The molecule has 1 aromatic rings. The Morgan fingerprint density at radius 2 is 2.18 bits per heavy atom. The lowest BCUT2D eigenvalue weighted by molar-refractivity contribution is 0.661. The fourth-order valence-electron chi connectivity index (χ4n) is 1.92. The van der Waals surface area contributed by atoms with Crippen LogP contribution in [0.1, 0.15) is 25.8 Å². The maximum atomic E-state index is 4.65. The van der Waals surface area contributed by atoms with Gasteiger partial charge in [0.25, 0.3) is 0 Å². The Morgan fingerprint density at radius 3 is 2.88 bits per heavy atom. The van der Waals surface area contributed by atoms with Crippen molar-refractivity contribution in [2.24, 2.45) is 4.99 Å². The predicted molar refractivity (Wildman–Crippen MR) is 81.1 cm³/mol. The third-order valence-electron chi connectivity index (χ3n) is 2.76. The Hall–Kier alpha value is -0.480. The molecule has 0 spiro atoms. The molecule has 1 heterocycles. The van der Waals surface area contributed by atoms with Crippen LogP contribution in [-0.2, 0) is 0 Å². The average molecular weight is 313 g/mol. The van der Waals surface area contributed by atoms with Crippen molar-refractivity contribution in [1.82, 2.24) is 0 Å². The molecule has 0 aliphatic carbocycles. The molecule has 0 saturated carbocycles. The van der Waals surface area contributed by atoms with Crippen molar-refractivity contribution in [3.05, 3.63) is 28.2 Å². The lowest BCUT2D eigenvalue weighted by Gasteiger charge is -2.23. The van der Waals surface area contributed by atoms with Gasteiger partial charge in [-0.25, -0.2) is 0 Å². The standard InChI is InChI=1S/C13H17BrN2S/c1-8-5-4-6-11(12(8)14)16-13-15-9(2)7-10(3)17-13/h4-6,9-10H,7H2,1-3H3,(H,15,16). The number of hydrogen-bond donors (Lipinski definition) is 1. The van der Waals surface area contributed by atoms with Crippen molar-refractivity contribution in [3.63, 3.8) is 0 Å². The zero-order chi connectivity index (χ0) is 12.4. The Bertz CT molecular complexity index is 445. The van der Waals surface area contributed by atoms with Gasteiger partial charge < -0.3 is 5.32 Å². The van der Waals surface area contributed by atoms with Gasteiger partial charge in [-0.3, -0.25) is 4.99 Å². The Morgan fingerprint density at radius 1 is 1.41 bits per heavy atom. The van der Waals surface area contributed by atoms with Crippen LogP contribution in [0.25, 0.3) is 0 Å². The van der Waals surface area contributed by atoms with Crippen LogP contribution in [0.3, 0.4) is 0 Å². The van der Waals surface area contributed by atoms with Crippen LogP contribution in [-0.4, -0.2) is 16.5 Å². The number of amidine groups is 1. The highest BCUT2D eigenvalue weighted by molar-refractivity contribution is 9.10. The number of rotatable bonds is 1. The minimum atomic E-state index is 0.414. The van der Waals surface area contributed by atoms with Gasteiger partial charge in [0, 0.05) is 9.72 Å². The number of aliphatic imine (C=N–C) groups is 1. The zero-order valence-corrected chi connectivity index (χ0v) is 12.7. The second-order valence-electron chi connectivity index (χ2n) is 4.51. The summed E-state index contributed by atoms with van der Waals surface area (Å²) in [5, 5.41) is 5.08. The Labute approximate surface area is 115 Å². The summed E-state index contributed by atoms with van der Waals surface area (Å²) in [6, 6.07) is 6.64. The topological polar surface area (TPSA) is 24.4 Å². The summed E-state index contributed by atoms with van der Waals surface area (Å²) >= 11 is 5.43. The number of hydrogen-bond acceptors (Lipinski definition) is 3. The Kier molecular flexibility index (Phi) is 4.15. The summed E-state index contributed by atoms with van der Waals surface area (Å²) in [6.45, 7) is 6.52. The molecule has 92 valence electrons. The molecule has 1 aliphatic rings. The van der Waals surface area contributed by atoms with E-state index in [1.54, 1.807) is 0 Å². The van der Waals surface area contributed by atoms with Gasteiger partial charge in [0.05, 0.1) is 11.7 Å². The van der Waals surface area contributed by atoms with Crippen molar-refractivity contribution >= 4 is 38.5 Å². The van der Waals surface area contributed by atoms with Crippen LogP contribution in [0, 0.1) is 6.92 Å². The normalized spacial score (nSPS) is 24.4. The van der Waals surface area contributed by atoms with Gasteiger partial charge >= 0.3 is 0 Å². The maximum Gasteiger partial charge on any atom is 0.161 e. The molecule has 2 nitrogen and oxygen atoms in total. The molecule has 0 amide bonds. The molecule has 4 heteroatoms. The van der Waals surface area contributed by atoms with E-state index >= 15 is 0 Å². The van der Waals surface area contributed by atoms with E-state index in [1.165, 1.54) is 5.56 Å². The number of benzene rings is 1. The molecule has 1 N–H and O–H groups in total. The SMILES string of the molecule is Cc1cccc(NC2=NC(C)CC(C)S2)c1Br. The van der Waals surface area contributed by atoms with Gasteiger partial charge in [-0.2, -0.15) is 0 Å². The maximum absolute atomic E-state index is 4.65. The number of halogens is 1. The predicted octanol–water partition coefficient (Wildman–Crippen LogP) is 4.44. The van der Waals surface area contributed by atoms with Crippen LogP contribution in [0.5, 0.6) is 0 Å². The first kappa shape index (κ1) is 13.0. The van der Waals surface area contributed by atoms with Crippen LogP contribution >= 0.6 is 27.7 Å². The molecule has 1 aliphatic heterocycles. The fraction of sp³-hybridized carbons (Fsp3) is 0.462. The molecule has 0 radical (unpaired) electrons. The number of nitrogens with one attached hydrogen (secondary N) is 1. The van der Waals surface area contributed by atoms with Crippen molar-refractivity contribution in [2.45, 2.75) is 38.5 Å². The van der Waals surface area contributed by atoms with E-state index in [9.17, 15) is 0 Å². The molecule has 2 atom stereocenters. The van der Waals surface area contributed by atoms with Crippen molar-refractivity contribution in [1.29, 1.82) is 0 Å². The van der Waals surface area contributed by atoms with Crippen molar-refractivity contribution < 1.29 is 0 Å². The van der Waals surface area contributed by atoms with E-state index in [0.29, 0.717) is 11.3 Å². The zero-order valence-electron chi connectivity index (χ0n) is 10.3. The minimum Gasteiger partial charge on any atom is -0.334 e. The summed E-state index contributed by atoms with van der Waals surface area (Å²) in [5.41, 5.74) is 2.33. The number of nitrogens with zero attached hydrogens (tertiary/aromatic N) is 1. The van der Waals surface area contributed by atoms with E-state index in [4.69, 9.17) is 0 Å². The second-order valence-corrected chi connectivity index (χ2v) is 6.73. The third kappa shape index (κ3) is 3.26. The number of aryl methyl sites for hydroxylation is 1. The van der Waals surface area contributed by atoms with Gasteiger partial charge in [0.2, 0.25) is 0 Å². The van der Waals surface area contributed by atoms with Crippen molar-refractivity contribution in [3.8, 4) is 0 Å². The first-order valence-corrected chi connectivity index (χ1v) is 7.50. The van der Waals surface area contributed by atoms with Crippen LogP contribution < -0.4 is 5.32 Å². The van der Waals surface area contributed by atoms with Gasteiger partial charge in [-0.15, -0.1) is 0 Å². The quantitative estimate of drug-likeness (QED) is 0.829. The van der Waals surface area contributed by atoms with E-state index in [-0.39, 0.29) is 0 Å². The lowest BCUT2D eigenvalue weighted by Crippen LogP contribution is -2.22. The molecule has 2 unspecified atom stereocenters. The smallest absolute Gasteiger partial charge is 0.161 e. The molecular formula is C13H17BrN2S. The van der Waals surface area contributed by atoms with Gasteiger partial charge in [-0.05, 0) is 47.8 Å². The molecule has 0 fully saturated rings. The molecule has 0 aromatic heterocycles. The number of anilines is 1. The lowest BCUT2D eigenvalue weighted by atomic mass is 10.2. The molecule has 0 saturated heterocycles. The van der Waals surface area contributed by atoms with E-state index in [2.05, 4.69) is 65.2 Å². The summed E-state index contributed by atoms with van der Waals surface area (Å²) < 4.78 is 1.12. The van der Waals surface area contributed by atoms with Crippen LogP contribution in [0.2, 0.25) is 0 Å².